The van der Waals surface area contributed by atoms with Gasteiger partial charge < -0.3 is 5.32 Å². The van der Waals surface area contributed by atoms with Gasteiger partial charge in [-0.15, -0.1) is 0 Å². The van der Waals surface area contributed by atoms with E-state index in [1.54, 1.807) is 18.2 Å². The number of non-ortho nitro benzene ring substituents is 1. The van der Waals surface area contributed by atoms with Gasteiger partial charge in [-0.1, -0.05) is 15.9 Å². The Labute approximate surface area is 138 Å². The molecule has 0 atom stereocenters. The van der Waals surface area contributed by atoms with E-state index in [2.05, 4.69) is 21.2 Å². The predicted octanol–water partition coefficient (Wildman–Crippen LogP) is 4.27. The Kier molecular flexibility index (Phi) is 3.73. The van der Waals surface area contributed by atoms with Crippen LogP contribution in [0.3, 0.4) is 0 Å². The van der Waals surface area contributed by atoms with Gasteiger partial charge in [0.25, 0.3) is 5.69 Å². The summed E-state index contributed by atoms with van der Waals surface area (Å²) in [5.41, 5.74) is 1.16. The zero-order chi connectivity index (χ0) is 15.3. The smallest absolute Gasteiger partial charge is 0.269 e. The Morgan fingerprint density at radius 1 is 1.14 bits per heavy atom. The molecule has 0 aliphatic heterocycles. The molecule has 0 amide bonds. The Morgan fingerprint density at radius 3 is 2.36 bits per heavy atom. The third-order valence-corrected chi connectivity index (χ3v) is 6.77. The molecule has 4 fully saturated rings. The van der Waals surface area contributed by atoms with Crippen molar-refractivity contribution >= 4 is 21.6 Å². The standard InChI is InChI=1S/C17H21BrN2O2/c18-16-2-1-15(20(21)22)8-14(16)9-19-17-12-4-10-3-11(6-12)7-13(17)5-10/h1-2,8,10-13,17,19H,3-7,9H2. The molecule has 0 aromatic heterocycles. The van der Waals surface area contributed by atoms with E-state index >= 15 is 0 Å². The number of hydrogen-bond donors (Lipinski definition) is 1. The molecule has 1 aromatic carbocycles. The molecule has 1 N–H and O–H groups in total. The van der Waals surface area contributed by atoms with Crippen molar-refractivity contribution < 1.29 is 4.92 Å². The van der Waals surface area contributed by atoms with Gasteiger partial charge in [0.2, 0.25) is 0 Å². The van der Waals surface area contributed by atoms with Crippen molar-refractivity contribution in [3.05, 3.63) is 38.3 Å². The van der Waals surface area contributed by atoms with E-state index in [0.29, 0.717) is 6.04 Å². The van der Waals surface area contributed by atoms with E-state index in [9.17, 15) is 10.1 Å². The van der Waals surface area contributed by atoms with Gasteiger partial charge in [-0.05, 0) is 67.4 Å². The van der Waals surface area contributed by atoms with Crippen molar-refractivity contribution in [3.8, 4) is 0 Å². The lowest BCUT2D eigenvalue weighted by molar-refractivity contribution is -0.384. The molecule has 4 aliphatic rings. The van der Waals surface area contributed by atoms with Gasteiger partial charge in [-0.25, -0.2) is 0 Å². The van der Waals surface area contributed by atoms with Crippen molar-refractivity contribution in [2.24, 2.45) is 23.7 Å². The second kappa shape index (κ2) is 5.60. The maximum absolute atomic E-state index is 10.9. The molecular weight excluding hydrogens is 344 g/mol. The number of nitro benzene ring substituents is 1. The molecule has 4 aliphatic carbocycles. The summed E-state index contributed by atoms with van der Waals surface area (Å²) in [4.78, 5) is 10.6. The third-order valence-electron chi connectivity index (χ3n) is 6.00. The first-order valence-electron chi connectivity index (χ1n) is 8.26. The summed E-state index contributed by atoms with van der Waals surface area (Å²) in [5, 5.41) is 14.7. The maximum atomic E-state index is 10.9. The minimum Gasteiger partial charge on any atom is -0.309 e. The lowest BCUT2D eigenvalue weighted by Crippen LogP contribution is -2.54. The number of nitrogens with one attached hydrogen (secondary N) is 1. The molecule has 0 spiro atoms. The summed E-state index contributed by atoms with van der Waals surface area (Å²) in [6, 6.07) is 5.63. The van der Waals surface area contributed by atoms with Crippen LogP contribution < -0.4 is 5.32 Å². The van der Waals surface area contributed by atoms with Crippen LogP contribution >= 0.6 is 15.9 Å². The van der Waals surface area contributed by atoms with E-state index in [4.69, 9.17) is 0 Å². The average Bonchev–Trinajstić information content (AvgIpc) is 2.47. The number of benzene rings is 1. The summed E-state index contributed by atoms with van der Waals surface area (Å²) in [7, 11) is 0. The SMILES string of the molecule is O=[N+]([O-])c1ccc(Br)c(CNC2C3CC4CC(C3)CC2C4)c1. The summed E-state index contributed by atoms with van der Waals surface area (Å²) in [5.74, 6) is 3.61. The number of nitro groups is 1. The van der Waals surface area contributed by atoms with Crippen LogP contribution in [-0.2, 0) is 6.54 Å². The van der Waals surface area contributed by atoms with E-state index in [1.165, 1.54) is 32.1 Å². The molecule has 1 aromatic rings. The maximum Gasteiger partial charge on any atom is 0.269 e. The van der Waals surface area contributed by atoms with Crippen molar-refractivity contribution in [1.82, 2.24) is 5.32 Å². The minimum absolute atomic E-state index is 0.171. The van der Waals surface area contributed by atoms with Gasteiger partial charge in [-0.3, -0.25) is 10.1 Å². The molecule has 4 nitrogen and oxygen atoms in total. The molecule has 118 valence electrons. The zero-order valence-corrected chi connectivity index (χ0v) is 14.1. The molecule has 0 saturated heterocycles. The first kappa shape index (κ1) is 14.6. The van der Waals surface area contributed by atoms with Gasteiger partial charge in [-0.2, -0.15) is 0 Å². The lowest BCUT2D eigenvalue weighted by atomic mass is 9.54. The van der Waals surface area contributed by atoms with Gasteiger partial charge in [0.1, 0.15) is 0 Å². The number of rotatable bonds is 4. The molecular formula is C17H21BrN2O2. The molecule has 0 radical (unpaired) electrons. The van der Waals surface area contributed by atoms with Crippen LogP contribution in [0.5, 0.6) is 0 Å². The second-order valence-electron chi connectivity index (χ2n) is 7.37. The lowest BCUT2D eigenvalue weighted by Gasteiger charge is -2.54. The topological polar surface area (TPSA) is 55.2 Å². The fourth-order valence-electron chi connectivity index (χ4n) is 5.30. The van der Waals surface area contributed by atoms with Crippen molar-refractivity contribution in [1.29, 1.82) is 0 Å². The quantitative estimate of drug-likeness (QED) is 0.640. The van der Waals surface area contributed by atoms with Gasteiger partial charge in [0.05, 0.1) is 4.92 Å². The third kappa shape index (κ3) is 2.58. The van der Waals surface area contributed by atoms with Crippen molar-refractivity contribution in [2.45, 2.75) is 44.7 Å². The predicted molar refractivity (Wildman–Crippen MR) is 88.5 cm³/mol. The van der Waals surface area contributed by atoms with Gasteiger partial charge in [0.15, 0.2) is 0 Å². The fourth-order valence-corrected chi connectivity index (χ4v) is 5.68. The normalized spacial score (nSPS) is 35.8. The average molecular weight is 365 g/mol. The van der Waals surface area contributed by atoms with Crippen LogP contribution in [0.1, 0.15) is 37.7 Å². The molecule has 0 heterocycles. The van der Waals surface area contributed by atoms with Crippen LogP contribution in [0.2, 0.25) is 0 Å². The summed E-state index contributed by atoms with van der Waals surface area (Å²) in [6.07, 6.45) is 7.03. The Bertz CT molecular complexity index is 576. The number of halogens is 1. The van der Waals surface area contributed by atoms with Gasteiger partial charge >= 0.3 is 0 Å². The minimum atomic E-state index is -0.321. The Balaban J connectivity index is 1.47. The van der Waals surface area contributed by atoms with Crippen LogP contribution in [0.4, 0.5) is 5.69 Å². The molecule has 5 rings (SSSR count). The van der Waals surface area contributed by atoms with Crippen LogP contribution in [-0.4, -0.2) is 11.0 Å². The summed E-state index contributed by atoms with van der Waals surface area (Å²) >= 11 is 3.52. The highest BCUT2D eigenvalue weighted by Gasteiger charge is 2.47. The fraction of sp³-hybridized carbons (Fsp3) is 0.647. The highest BCUT2D eigenvalue weighted by Crippen LogP contribution is 2.53. The van der Waals surface area contributed by atoms with E-state index < -0.39 is 0 Å². The van der Waals surface area contributed by atoms with Crippen LogP contribution in [0, 0.1) is 33.8 Å². The first-order valence-corrected chi connectivity index (χ1v) is 9.05. The van der Waals surface area contributed by atoms with Crippen molar-refractivity contribution in [2.75, 3.05) is 0 Å². The largest absolute Gasteiger partial charge is 0.309 e. The summed E-state index contributed by atoms with van der Waals surface area (Å²) < 4.78 is 0.953. The highest BCUT2D eigenvalue weighted by atomic mass is 79.9. The summed E-state index contributed by atoms with van der Waals surface area (Å²) in [6.45, 7) is 0.718. The Hall–Kier alpha value is -0.940. The van der Waals surface area contributed by atoms with Gasteiger partial charge in [0, 0.05) is 29.2 Å². The zero-order valence-electron chi connectivity index (χ0n) is 12.5. The monoisotopic (exact) mass is 364 g/mol. The molecule has 4 saturated carbocycles. The molecule has 0 unspecified atom stereocenters. The van der Waals surface area contributed by atoms with Crippen LogP contribution in [0.25, 0.3) is 0 Å². The second-order valence-corrected chi connectivity index (χ2v) is 8.22. The van der Waals surface area contributed by atoms with E-state index in [1.807, 2.05) is 0 Å². The first-order chi connectivity index (χ1) is 10.6. The Morgan fingerprint density at radius 2 is 1.77 bits per heavy atom. The number of hydrogen-bond acceptors (Lipinski definition) is 3. The number of nitrogens with zero attached hydrogens (tertiary/aromatic N) is 1. The highest BCUT2D eigenvalue weighted by molar-refractivity contribution is 9.10. The van der Waals surface area contributed by atoms with E-state index in [-0.39, 0.29) is 10.6 Å². The molecule has 22 heavy (non-hydrogen) atoms. The van der Waals surface area contributed by atoms with Crippen LogP contribution in [0.15, 0.2) is 22.7 Å². The molecule has 4 bridgehead atoms. The molecule has 5 heteroatoms. The van der Waals surface area contributed by atoms with E-state index in [0.717, 1.165) is 40.3 Å². The van der Waals surface area contributed by atoms with Crippen molar-refractivity contribution in [3.63, 3.8) is 0 Å².